The van der Waals surface area contributed by atoms with E-state index in [2.05, 4.69) is 0 Å². The number of phenolic OH excluding ortho intramolecular Hbond substituents is 1. The second-order valence-electron chi connectivity index (χ2n) is 5.88. The number of aryl methyl sites for hydroxylation is 1. The van der Waals surface area contributed by atoms with Crippen molar-refractivity contribution < 1.29 is 9.90 Å². The van der Waals surface area contributed by atoms with Crippen molar-refractivity contribution in [1.29, 1.82) is 0 Å². The highest BCUT2D eigenvalue weighted by Crippen LogP contribution is 2.42. The Morgan fingerprint density at radius 3 is 2.64 bits per heavy atom. The second-order valence-corrected chi connectivity index (χ2v) is 7.00. The van der Waals surface area contributed by atoms with Crippen molar-refractivity contribution in [3.05, 3.63) is 53.6 Å². The Bertz CT molecular complexity index is 679. The molecular formula is C19H20O2S. The lowest BCUT2D eigenvalue weighted by molar-refractivity contribution is -0.121. The first-order valence-electron chi connectivity index (χ1n) is 7.74. The lowest BCUT2D eigenvalue weighted by Crippen LogP contribution is -2.17. The van der Waals surface area contributed by atoms with E-state index < -0.39 is 0 Å². The van der Waals surface area contributed by atoms with Gasteiger partial charge in [-0.2, -0.15) is 0 Å². The quantitative estimate of drug-likeness (QED) is 0.859. The Hall–Kier alpha value is -1.74. The molecule has 0 aliphatic heterocycles. The van der Waals surface area contributed by atoms with Crippen molar-refractivity contribution in [2.45, 2.75) is 48.3 Å². The molecule has 0 amide bonds. The summed E-state index contributed by atoms with van der Waals surface area (Å²) < 4.78 is 0. The fourth-order valence-corrected chi connectivity index (χ4v) is 4.05. The van der Waals surface area contributed by atoms with Gasteiger partial charge in [-0.25, -0.2) is 0 Å². The highest BCUT2D eigenvalue weighted by Gasteiger charge is 2.27. The Labute approximate surface area is 135 Å². The van der Waals surface area contributed by atoms with Gasteiger partial charge in [-0.1, -0.05) is 42.4 Å². The van der Waals surface area contributed by atoms with Crippen LogP contribution in [0.2, 0.25) is 0 Å². The smallest absolute Gasteiger partial charge is 0.140 e. The van der Waals surface area contributed by atoms with Crippen LogP contribution in [0.4, 0.5) is 0 Å². The maximum atomic E-state index is 12.2. The highest BCUT2D eigenvalue weighted by atomic mass is 32.2. The number of aromatic hydroxyl groups is 1. The number of hydrogen-bond acceptors (Lipinski definition) is 3. The maximum Gasteiger partial charge on any atom is 0.140 e. The molecular weight excluding hydrogens is 292 g/mol. The molecule has 1 aliphatic carbocycles. The zero-order chi connectivity index (χ0) is 15.5. The van der Waals surface area contributed by atoms with Crippen LogP contribution < -0.4 is 0 Å². The Balaban J connectivity index is 1.96. The van der Waals surface area contributed by atoms with E-state index in [9.17, 15) is 9.90 Å². The van der Waals surface area contributed by atoms with Gasteiger partial charge in [0.15, 0.2) is 0 Å². The number of phenols is 1. The van der Waals surface area contributed by atoms with Crippen molar-refractivity contribution in [3.8, 4) is 5.75 Å². The van der Waals surface area contributed by atoms with Crippen molar-refractivity contribution in [2.24, 2.45) is 0 Å². The average molecular weight is 312 g/mol. The van der Waals surface area contributed by atoms with Gasteiger partial charge in [-0.15, -0.1) is 0 Å². The fraction of sp³-hybridized carbons (Fsp3) is 0.316. The standard InChI is InChI=1S/C19H20O2S/c1-13-11-16(15-9-5-6-10-17(15)20)19(21)18(12-13)22-14-7-3-2-4-8-14/h2-4,7-8,11-12,15,21H,5-6,9-10H2,1H3. The van der Waals surface area contributed by atoms with Gasteiger partial charge in [0.25, 0.3) is 0 Å². The molecule has 22 heavy (non-hydrogen) atoms. The zero-order valence-corrected chi connectivity index (χ0v) is 13.5. The highest BCUT2D eigenvalue weighted by molar-refractivity contribution is 7.99. The summed E-state index contributed by atoms with van der Waals surface area (Å²) in [6, 6.07) is 14.0. The van der Waals surface area contributed by atoms with Crippen LogP contribution in [0.15, 0.2) is 52.3 Å². The second kappa shape index (κ2) is 6.57. The van der Waals surface area contributed by atoms with Gasteiger partial charge in [0.1, 0.15) is 11.5 Å². The number of ketones is 1. The van der Waals surface area contributed by atoms with Crippen LogP contribution in [0.1, 0.15) is 42.7 Å². The van der Waals surface area contributed by atoms with E-state index in [0.717, 1.165) is 40.2 Å². The molecule has 0 saturated heterocycles. The van der Waals surface area contributed by atoms with Gasteiger partial charge in [0.2, 0.25) is 0 Å². The number of carbonyl (C=O) groups excluding carboxylic acids is 1. The Morgan fingerprint density at radius 1 is 1.14 bits per heavy atom. The summed E-state index contributed by atoms with van der Waals surface area (Å²) in [4.78, 5) is 14.1. The molecule has 3 heteroatoms. The number of benzene rings is 2. The monoisotopic (exact) mass is 312 g/mol. The lowest BCUT2D eigenvalue weighted by atomic mass is 9.82. The Morgan fingerprint density at radius 2 is 1.91 bits per heavy atom. The van der Waals surface area contributed by atoms with Crippen LogP contribution in [0.5, 0.6) is 5.75 Å². The summed E-state index contributed by atoms with van der Waals surface area (Å²) in [5.41, 5.74) is 1.90. The first-order valence-corrected chi connectivity index (χ1v) is 8.56. The third kappa shape index (κ3) is 3.20. The van der Waals surface area contributed by atoms with E-state index in [0.29, 0.717) is 6.42 Å². The minimum absolute atomic E-state index is 0.135. The average Bonchev–Trinajstić information content (AvgIpc) is 2.52. The fourth-order valence-electron chi connectivity index (χ4n) is 3.04. The predicted molar refractivity (Wildman–Crippen MR) is 89.6 cm³/mol. The molecule has 1 saturated carbocycles. The van der Waals surface area contributed by atoms with Gasteiger partial charge in [0, 0.05) is 22.8 Å². The molecule has 0 spiro atoms. The summed E-state index contributed by atoms with van der Waals surface area (Å²) in [7, 11) is 0. The molecule has 1 atom stereocenters. The molecule has 114 valence electrons. The van der Waals surface area contributed by atoms with Crippen molar-refractivity contribution in [1.82, 2.24) is 0 Å². The predicted octanol–water partition coefficient (Wildman–Crippen LogP) is 5.08. The topological polar surface area (TPSA) is 37.3 Å². The summed E-state index contributed by atoms with van der Waals surface area (Å²) in [6.07, 6.45) is 3.53. The number of Topliss-reactive ketones (excluding diaryl/α,β-unsaturated/α-hetero) is 1. The molecule has 1 fully saturated rings. The van der Waals surface area contributed by atoms with E-state index >= 15 is 0 Å². The SMILES string of the molecule is Cc1cc(Sc2ccccc2)c(O)c(C2CCCCC2=O)c1. The number of carbonyl (C=O) groups is 1. The first kappa shape index (κ1) is 15.2. The van der Waals surface area contributed by atoms with Crippen molar-refractivity contribution in [3.63, 3.8) is 0 Å². The van der Waals surface area contributed by atoms with Gasteiger partial charge >= 0.3 is 0 Å². The zero-order valence-electron chi connectivity index (χ0n) is 12.7. The van der Waals surface area contributed by atoms with E-state index in [4.69, 9.17) is 0 Å². The molecule has 2 nitrogen and oxygen atoms in total. The van der Waals surface area contributed by atoms with Crippen LogP contribution >= 0.6 is 11.8 Å². The van der Waals surface area contributed by atoms with Crippen LogP contribution in [0.3, 0.4) is 0 Å². The third-order valence-electron chi connectivity index (χ3n) is 4.15. The normalized spacial score (nSPS) is 18.4. The summed E-state index contributed by atoms with van der Waals surface area (Å²) >= 11 is 1.55. The molecule has 1 N–H and O–H groups in total. The molecule has 0 aromatic heterocycles. The summed E-state index contributed by atoms with van der Waals surface area (Å²) in [5.74, 6) is 0.409. The minimum Gasteiger partial charge on any atom is -0.506 e. The van der Waals surface area contributed by atoms with Crippen LogP contribution in [0, 0.1) is 6.92 Å². The van der Waals surface area contributed by atoms with Crippen LogP contribution in [0.25, 0.3) is 0 Å². The van der Waals surface area contributed by atoms with E-state index in [1.807, 2.05) is 49.4 Å². The molecule has 1 unspecified atom stereocenters. The molecule has 1 aliphatic rings. The van der Waals surface area contributed by atoms with Gasteiger partial charge < -0.3 is 5.11 Å². The molecule has 2 aromatic carbocycles. The minimum atomic E-state index is -0.135. The summed E-state index contributed by atoms with van der Waals surface area (Å²) in [6.45, 7) is 2.02. The molecule has 0 heterocycles. The molecule has 3 rings (SSSR count). The largest absolute Gasteiger partial charge is 0.506 e. The lowest BCUT2D eigenvalue weighted by Gasteiger charge is -2.23. The van der Waals surface area contributed by atoms with Crippen molar-refractivity contribution >= 4 is 17.5 Å². The molecule has 0 bridgehead atoms. The first-order chi connectivity index (χ1) is 10.6. The van der Waals surface area contributed by atoms with Crippen LogP contribution in [-0.4, -0.2) is 10.9 Å². The van der Waals surface area contributed by atoms with E-state index in [1.54, 1.807) is 11.8 Å². The number of rotatable bonds is 3. The Kier molecular flexibility index (Phi) is 4.53. The van der Waals surface area contributed by atoms with E-state index in [-0.39, 0.29) is 17.5 Å². The number of hydrogen-bond donors (Lipinski definition) is 1. The van der Waals surface area contributed by atoms with Gasteiger partial charge in [0.05, 0.1) is 4.90 Å². The molecule has 2 aromatic rings. The summed E-state index contributed by atoms with van der Waals surface area (Å²) in [5, 5.41) is 10.7. The van der Waals surface area contributed by atoms with Crippen molar-refractivity contribution in [2.75, 3.05) is 0 Å². The van der Waals surface area contributed by atoms with Gasteiger partial charge in [-0.3, -0.25) is 4.79 Å². The van der Waals surface area contributed by atoms with E-state index in [1.165, 1.54) is 0 Å². The maximum absolute atomic E-state index is 12.2. The third-order valence-corrected chi connectivity index (χ3v) is 5.19. The van der Waals surface area contributed by atoms with Gasteiger partial charge in [-0.05, 0) is 43.5 Å². The molecule has 0 radical (unpaired) electrons. The van der Waals surface area contributed by atoms with Crippen LogP contribution in [-0.2, 0) is 4.79 Å².